The molecule has 11 heteroatoms. The van der Waals surface area contributed by atoms with Gasteiger partial charge in [-0.2, -0.15) is 18.3 Å². The van der Waals surface area contributed by atoms with Gasteiger partial charge in [0.2, 0.25) is 0 Å². The van der Waals surface area contributed by atoms with E-state index >= 15 is 0 Å². The summed E-state index contributed by atoms with van der Waals surface area (Å²) in [5, 5.41) is 8.06. The molecule has 2 N–H and O–H groups in total. The molecule has 36 heavy (non-hydrogen) atoms. The van der Waals surface area contributed by atoms with Gasteiger partial charge < -0.3 is 19.5 Å². The first-order valence-corrected chi connectivity index (χ1v) is 10.9. The Kier molecular flexibility index (Phi) is 5.96. The number of hydrogen-bond donors (Lipinski definition) is 2. The van der Waals surface area contributed by atoms with Crippen molar-refractivity contribution in [3.05, 3.63) is 84.3 Å². The summed E-state index contributed by atoms with van der Waals surface area (Å²) in [6.07, 6.45) is 2.45. The van der Waals surface area contributed by atoms with Crippen molar-refractivity contribution >= 4 is 22.5 Å². The molecule has 5 aromatic rings. The summed E-state index contributed by atoms with van der Waals surface area (Å²) in [5.41, 5.74) is 2.02. The van der Waals surface area contributed by atoms with Gasteiger partial charge in [0.15, 0.2) is 17.8 Å². The normalized spacial score (nSPS) is 11.7. The molecule has 184 valence electrons. The zero-order chi connectivity index (χ0) is 25.3. The number of halogens is 3. The van der Waals surface area contributed by atoms with Crippen LogP contribution in [0.2, 0.25) is 0 Å². The SMILES string of the molecule is COc1ccc2[nH]cc(CCn3cc(NC(=O)c4ncoc4-c4ccc(C(F)(F)F)cc4)cn3)c2c1. The minimum absolute atomic E-state index is 0.0461. The molecule has 0 bridgehead atoms. The summed E-state index contributed by atoms with van der Waals surface area (Å²) in [5.74, 6) is 0.279. The fourth-order valence-corrected chi connectivity index (χ4v) is 3.89. The van der Waals surface area contributed by atoms with Crippen molar-refractivity contribution in [2.45, 2.75) is 19.1 Å². The Morgan fingerprint density at radius 2 is 2.00 bits per heavy atom. The minimum atomic E-state index is -4.46. The number of nitrogens with one attached hydrogen (secondary N) is 2. The quantitative estimate of drug-likeness (QED) is 0.309. The van der Waals surface area contributed by atoms with Crippen molar-refractivity contribution in [2.24, 2.45) is 0 Å². The second-order valence-corrected chi connectivity index (χ2v) is 8.03. The van der Waals surface area contributed by atoms with Crippen molar-refractivity contribution < 1.29 is 27.1 Å². The number of alkyl halides is 3. The number of aryl methyl sites for hydroxylation is 2. The van der Waals surface area contributed by atoms with Crippen LogP contribution in [-0.2, 0) is 19.1 Å². The van der Waals surface area contributed by atoms with Crippen LogP contribution < -0.4 is 10.1 Å². The monoisotopic (exact) mass is 495 g/mol. The fourth-order valence-electron chi connectivity index (χ4n) is 3.89. The molecule has 0 spiro atoms. The van der Waals surface area contributed by atoms with Gasteiger partial charge in [0.25, 0.3) is 5.91 Å². The number of carbonyl (C=O) groups is 1. The molecule has 0 radical (unpaired) electrons. The van der Waals surface area contributed by atoms with Crippen molar-refractivity contribution in [1.29, 1.82) is 0 Å². The summed E-state index contributed by atoms with van der Waals surface area (Å²) in [6, 6.07) is 10.1. The van der Waals surface area contributed by atoms with Crippen LogP contribution in [0.3, 0.4) is 0 Å². The van der Waals surface area contributed by atoms with Gasteiger partial charge in [-0.25, -0.2) is 4.98 Å². The number of H-pyrrole nitrogens is 1. The number of ether oxygens (including phenoxy) is 1. The summed E-state index contributed by atoms with van der Waals surface area (Å²) in [4.78, 5) is 20.0. The van der Waals surface area contributed by atoms with E-state index in [-0.39, 0.29) is 11.5 Å². The Bertz CT molecular complexity index is 1520. The number of rotatable bonds is 7. The smallest absolute Gasteiger partial charge is 0.416 e. The molecule has 0 saturated heterocycles. The van der Waals surface area contributed by atoms with E-state index in [0.717, 1.165) is 40.7 Å². The van der Waals surface area contributed by atoms with Gasteiger partial charge in [-0.1, -0.05) is 12.1 Å². The van der Waals surface area contributed by atoms with Crippen LogP contribution in [0.25, 0.3) is 22.2 Å². The number of oxazole rings is 1. The molecular weight excluding hydrogens is 475 g/mol. The number of hydrogen-bond acceptors (Lipinski definition) is 5. The van der Waals surface area contributed by atoms with E-state index in [9.17, 15) is 18.0 Å². The molecule has 3 heterocycles. The highest BCUT2D eigenvalue weighted by Gasteiger charge is 2.30. The maximum Gasteiger partial charge on any atom is 0.416 e. The van der Waals surface area contributed by atoms with Gasteiger partial charge in [0.1, 0.15) is 5.75 Å². The highest BCUT2D eigenvalue weighted by molar-refractivity contribution is 6.06. The number of anilines is 1. The number of methoxy groups -OCH3 is 1. The Balaban J connectivity index is 1.25. The maximum absolute atomic E-state index is 12.8. The van der Waals surface area contributed by atoms with E-state index in [1.807, 2.05) is 24.4 Å². The number of nitrogens with zero attached hydrogens (tertiary/aromatic N) is 3. The van der Waals surface area contributed by atoms with Crippen molar-refractivity contribution in [2.75, 3.05) is 12.4 Å². The first-order chi connectivity index (χ1) is 17.3. The van der Waals surface area contributed by atoms with Crippen molar-refractivity contribution in [3.63, 3.8) is 0 Å². The topological polar surface area (TPSA) is 98.0 Å². The number of aromatic nitrogens is 4. The molecule has 2 aromatic carbocycles. The minimum Gasteiger partial charge on any atom is -0.497 e. The third-order valence-corrected chi connectivity index (χ3v) is 5.73. The number of fused-ring (bicyclic) bond motifs is 1. The summed E-state index contributed by atoms with van der Waals surface area (Å²) < 4.78 is 50.8. The first-order valence-electron chi connectivity index (χ1n) is 10.9. The molecule has 0 aliphatic carbocycles. The lowest BCUT2D eigenvalue weighted by atomic mass is 10.1. The van der Waals surface area contributed by atoms with E-state index in [2.05, 4.69) is 20.4 Å². The van der Waals surface area contributed by atoms with Gasteiger partial charge in [-0.3, -0.25) is 9.48 Å². The van der Waals surface area contributed by atoms with Crippen molar-refractivity contribution in [3.8, 4) is 17.1 Å². The van der Waals surface area contributed by atoms with E-state index in [1.165, 1.54) is 18.3 Å². The lowest BCUT2D eigenvalue weighted by Crippen LogP contribution is -2.13. The zero-order valence-corrected chi connectivity index (χ0v) is 19.0. The summed E-state index contributed by atoms with van der Waals surface area (Å²) in [7, 11) is 1.62. The van der Waals surface area contributed by atoms with E-state index in [1.54, 1.807) is 18.0 Å². The van der Waals surface area contributed by atoms with Crippen LogP contribution in [0, 0.1) is 0 Å². The van der Waals surface area contributed by atoms with Crippen LogP contribution in [0.4, 0.5) is 18.9 Å². The lowest BCUT2D eigenvalue weighted by molar-refractivity contribution is -0.137. The Morgan fingerprint density at radius 1 is 1.19 bits per heavy atom. The summed E-state index contributed by atoms with van der Waals surface area (Å²) >= 11 is 0. The number of amides is 1. The predicted molar refractivity (Wildman–Crippen MR) is 126 cm³/mol. The lowest BCUT2D eigenvalue weighted by Gasteiger charge is -2.07. The predicted octanol–water partition coefficient (Wildman–Crippen LogP) is 5.54. The average Bonchev–Trinajstić information content (AvgIpc) is 3.61. The molecule has 0 aliphatic rings. The Morgan fingerprint density at radius 3 is 2.75 bits per heavy atom. The second-order valence-electron chi connectivity index (χ2n) is 8.03. The Hall–Kier alpha value is -4.54. The van der Waals surface area contributed by atoms with Crippen LogP contribution >= 0.6 is 0 Å². The number of benzene rings is 2. The molecule has 3 aromatic heterocycles. The van der Waals surface area contributed by atoms with Crippen LogP contribution in [0.5, 0.6) is 5.75 Å². The molecular formula is C25H20F3N5O3. The first kappa shape index (κ1) is 23.2. The molecule has 0 aliphatic heterocycles. The molecule has 0 atom stereocenters. The molecule has 5 rings (SSSR count). The second kappa shape index (κ2) is 9.25. The van der Waals surface area contributed by atoms with Gasteiger partial charge >= 0.3 is 6.18 Å². The maximum atomic E-state index is 12.8. The van der Waals surface area contributed by atoms with Gasteiger partial charge in [-0.15, -0.1) is 0 Å². The van der Waals surface area contributed by atoms with E-state index in [0.29, 0.717) is 24.2 Å². The molecule has 0 saturated carbocycles. The highest BCUT2D eigenvalue weighted by Crippen LogP contribution is 2.32. The molecule has 0 unspecified atom stereocenters. The molecule has 0 fully saturated rings. The average molecular weight is 495 g/mol. The molecule has 1 amide bonds. The van der Waals surface area contributed by atoms with E-state index < -0.39 is 17.6 Å². The largest absolute Gasteiger partial charge is 0.497 e. The third kappa shape index (κ3) is 4.67. The Labute approximate surface area is 202 Å². The van der Waals surface area contributed by atoms with Crippen LogP contribution in [-0.4, -0.2) is 32.8 Å². The van der Waals surface area contributed by atoms with Crippen LogP contribution in [0.15, 0.2) is 71.9 Å². The zero-order valence-electron chi connectivity index (χ0n) is 19.0. The fraction of sp³-hybridized carbons (Fsp3) is 0.160. The number of carbonyl (C=O) groups excluding carboxylic acids is 1. The number of aromatic amines is 1. The van der Waals surface area contributed by atoms with Crippen LogP contribution in [0.1, 0.15) is 21.6 Å². The van der Waals surface area contributed by atoms with Gasteiger partial charge in [-0.05, 0) is 42.3 Å². The molecule has 8 nitrogen and oxygen atoms in total. The summed E-state index contributed by atoms with van der Waals surface area (Å²) in [6.45, 7) is 0.570. The van der Waals surface area contributed by atoms with Gasteiger partial charge in [0.05, 0.1) is 24.6 Å². The highest BCUT2D eigenvalue weighted by atomic mass is 19.4. The van der Waals surface area contributed by atoms with Crippen molar-refractivity contribution in [1.82, 2.24) is 19.7 Å². The standard InChI is InChI=1S/C25H20F3N5O3/c1-35-19-6-7-21-20(10-19)16(11-29-21)8-9-33-13-18(12-31-33)32-24(34)22-23(36-14-30-22)15-2-4-17(5-3-15)25(26,27)28/h2-7,10-14,29H,8-9H2,1H3,(H,32,34). The van der Waals surface area contributed by atoms with E-state index in [4.69, 9.17) is 9.15 Å². The third-order valence-electron chi connectivity index (χ3n) is 5.73. The van der Waals surface area contributed by atoms with Gasteiger partial charge in [0, 0.05) is 35.4 Å².